The predicted octanol–water partition coefficient (Wildman–Crippen LogP) is 4.90. The first-order valence-corrected chi connectivity index (χ1v) is 8.30. The second kappa shape index (κ2) is 7.47. The van der Waals surface area contributed by atoms with E-state index in [2.05, 4.69) is 20.5 Å². The monoisotopic (exact) mass is 411 g/mol. The summed E-state index contributed by atoms with van der Waals surface area (Å²) in [6.07, 6.45) is -4.82. The third-order valence-electron chi connectivity index (χ3n) is 3.89. The number of benzene rings is 2. The van der Waals surface area contributed by atoms with E-state index in [-0.39, 0.29) is 11.5 Å². The molecule has 2 aromatic carbocycles. The molecule has 1 aromatic heterocycles. The van der Waals surface area contributed by atoms with Crippen molar-refractivity contribution in [2.75, 3.05) is 5.32 Å². The van der Waals surface area contributed by atoms with Crippen LogP contribution in [0.2, 0.25) is 5.02 Å². The molecule has 0 aliphatic heterocycles. The van der Waals surface area contributed by atoms with Crippen molar-refractivity contribution in [3.8, 4) is 0 Å². The van der Waals surface area contributed by atoms with Crippen molar-refractivity contribution in [1.29, 1.82) is 0 Å². The van der Waals surface area contributed by atoms with E-state index in [1.54, 1.807) is 37.3 Å². The van der Waals surface area contributed by atoms with E-state index in [9.17, 15) is 23.3 Å². The molecule has 0 bridgehead atoms. The standard InChI is InChI=1S/C17H13ClF3N5O2/c1-9-22-16(25-24-9)15(10-5-3-2-4-6-10)23-13-8-12(18)11(17(19,20)21)7-14(13)26(27)28/h2-8,15,23H,1H3,(H,22,24,25). The lowest BCUT2D eigenvalue weighted by Gasteiger charge is -2.19. The lowest BCUT2D eigenvalue weighted by atomic mass is 10.0. The fourth-order valence-electron chi connectivity index (χ4n) is 2.63. The zero-order valence-corrected chi connectivity index (χ0v) is 15.0. The van der Waals surface area contributed by atoms with Gasteiger partial charge in [0.15, 0.2) is 5.82 Å². The third kappa shape index (κ3) is 4.06. The van der Waals surface area contributed by atoms with E-state index in [0.29, 0.717) is 17.5 Å². The number of halogens is 4. The zero-order valence-electron chi connectivity index (χ0n) is 14.3. The highest BCUT2D eigenvalue weighted by Gasteiger charge is 2.36. The van der Waals surface area contributed by atoms with E-state index in [1.165, 1.54) is 0 Å². The lowest BCUT2D eigenvalue weighted by molar-refractivity contribution is -0.384. The van der Waals surface area contributed by atoms with Gasteiger partial charge in [-0.25, -0.2) is 4.98 Å². The highest BCUT2D eigenvalue weighted by molar-refractivity contribution is 6.31. The quantitative estimate of drug-likeness (QED) is 0.460. The average Bonchev–Trinajstić information content (AvgIpc) is 3.05. The number of nitro groups is 1. The van der Waals surface area contributed by atoms with Gasteiger partial charge in [0.25, 0.3) is 5.69 Å². The van der Waals surface area contributed by atoms with Gasteiger partial charge in [0.2, 0.25) is 0 Å². The maximum Gasteiger partial charge on any atom is 0.418 e. The number of nitro benzene ring substituents is 1. The summed E-state index contributed by atoms with van der Waals surface area (Å²) in [6, 6.07) is 9.30. The maximum atomic E-state index is 13.1. The van der Waals surface area contributed by atoms with Crippen LogP contribution in [0.4, 0.5) is 24.5 Å². The first kappa shape index (κ1) is 19.6. The highest BCUT2D eigenvalue weighted by Crippen LogP contribution is 2.41. The van der Waals surface area contributed by atoms with Crippen molar-refractivity contribution < 1.29 is 18.1 Å². The minimum Gasteiger partial charge on any atom is -0.366 e. The second-order valence-electron chi connectivity index (χ2n) is 5.87. The average molecular weight is 412 g/mol. The van der Waals surface area contributed by atoms with E-state index in [0.717, 1.165) is 6.07 Å². The molecule has 0 amide bonds. The molecular weight excluding hydrogens is 399 g/mol. The minimum atomic E-state index is -4.82. The van der Waals surface area contributed by atoms with Gasteiger partial charge < -0.3 is 5.32 Å². The summed E-state index contributed by atoms with van der Waals surface area (Å²) in [5.74, 6) is 0.784. The van der Waals surface area contributed by atoms with Gasteiger partial charge in [-0.1, -0.05) is 41.9 Å². The Bertz CT molecular complexity index is 1010. The van der Waals surface area contributed by atoms with E-state index in [4.69, 9.17) is 11.6 Å². The Kier molecular flexibility index (Phi) is 5.23. The number of nitrogens with one attached hydrogen (secondary N) is 2. The molecule has 0 aliphatic rings. The van der Waals surface area contributed by atoms with Crippen LogP contribution < -0.4 is 5.32 Å². The Morgan fingerprint density at radius 1 is 1.25 bits per heavy atom. The lowest BCUT2D eigenvalue weighted by Crippen LogP contribution is -2.16. The molecule has 11 heteroatoms. The van der Waals surface area contributed by atoms with Gasteiger partial charge in [-0.15, -0.1) is 0 Å². The molecule has 3 rings (SSSR count). The fourth-order valence-corrected chi connectivity index (χ4v) is 2.90. The summed E-state index contributed by atoms with van der Waals surface area (Å²) in [5, 5.41) is 20.3. The number of hydrogen-bond donors (Lipinski definition) is 2. The van der Waals surface area contributed by atoms with Crippen LogP contribution in [0.15, 0.2) is 42.5 Å². The molecule has 0 radical (unpaired) electrons. The van der Waals surface area contributed by atoms with Crippen LogP contribution in [-0.2, 0) is 6.18 Å². The van der Waals surface area contributed by atoms with Crippen LogP contribution in [0, 0.1) is 17.0 Å². The van der Waals surface area contributed by atoms with Gasteiger partial charge >= 0.3 is 6.18 Å². The van der Waals surface area contributed by atoms with Crippen LogP contribution in [0.3, 0.4) is 0 Å². The Balaban J connectivity index is 2.10. The number of aromatic nitrogens is 3. The zero-order chi connectivity index (χ0) is 20.5. The number of anilines is 1. The van der Waals surface area contributed by atoms with Crippen LogP contribution in [0.5, 0.6) is 0 Å². The Labute approximate surface area is 161 Å². The normalized spacial score (nSPS) is 12.6. The molecule has 28 heavy (non-hydrogen) atoms. The van der Waals surface area contributed by atoms with Crippen molar-refractivity contribution in [3.63, 3.8) is 0 Å². The van der Waals surface area contributed by atoms with Crippen LogP contribution >= 0.6 is 11.6 Å². The van der Waals surface area contributed by atoms with Crippen LogP contribution in [0.1, 0.15) is 28.8 Å². The predicted molar refractivity (Wildman–Crippen MR) is 96.1 cm³/mol. The summed E-state index contributed by atoms with van der Waals surface area (Å²) in [7, 11) is 0. The number of H-pyrrole nitrogens is 1. The number of alkyl halides is 3. The summed E-state index contributed by atoms with van der Waals surface area (Å²) in [4.78, 5) is 14.7. The fraction of sp³-hybridized carbons (Fsp3) is 0.176. The molecule has 3 aromatic rings. The molecule has 1 unspecified atom stereocenters. The van der Waals surface area contributed by atoms with Crippen molar-refractivity contribution >= 4 is 23.0 Å². The van der Waals surface area contributed by atoms with Crippen molar-refractivity contribution in [3.05, 3.63) is 80.4 Å². The number of hydrogen-bond acceptors (Lipinski definition) is 5. The summed E-state index contributed by atoms with van der Waals surface area (Å²) in [6.45, 7) is 1.68. The van der Waals surface area contributed by atoms with Crippen molar-refractivity contribution in [2.45, 2.75) is 19.1 Å². The SMILES string of the molecule is Cc1nc(C(Nc2cc(Cl)c(C(F)(F)F)cc2[N+](=O)[O-])c2ccccc2)n[nH]1. The van der Waals surface area contributed by atoms with Gasteiger partial charge in [-0.3, -0.25) is 15.2 Å². The van der Waals surface area contributed by atoms with Gasteiger partial charge in [0.1, 0.15) is 17.6 Å². The van der Waals surface area contributed by atoms with Gasteiger partial charge in [-0.2, -0.15) is 18.3 Å². The van der Waals surface area contributed by atoms with E-state index in [1.807, 2.05) is 0 Å². The minimum absolute atomic E-state index is 0.181. The summed E-state index contributed by atoms with van der Waals surface area (Å²) in [5.41, 5.74) is -1.56. The number of nitrogens with zero attached hydrogens (tertiary/aromatic N) is 3. The van der Waals surface area contributed by atoms with Crippen LogP contribution in [-0.4, -0.2) is 20.1 Å². The maximum absolute atomic E-state index is 13.1. The second-order valence-corrected chi connectivity index (χ2v) is 6.28. The summed E-state index contributed by atoms with van der Waals surface area (Å²) < 4.78 is 39.2. The van der Waals surface area contributed by atoms with Gasteiger partial charge in [0, 0.05) is 6.07 Å². The molecule has 7 nitrogen and oxygen atoms in total. The molecule has 0 aliphatic carbocycles. The van der Waals surface area contributed by atoms with Gasteiger partial charge in [0.05, 0.1) is 15.5 Å². The Hall–Kier alpha value is -3.14. The smallest absolute Gasteiger partial charge is 0.366 e. The molecular formula is C17H13ClF3N5O2. The topological polar surface area (TPSA) is 96.7 Å². The van der Waals surface area contributed by atoms with E-state index >= 15 is 0 Å². The number of rotatable bonds is 5. The third-order valence-corrected chi connectivity index (χ3v) is 4.21. The molecule has 2 N–H and O–H groups in total. The first-order chi connectivity index (χ1) is 13.2. The van der Waals surface area contributed by atoms with Crippen LogP contribution in [0.25, 0.3) is 0 Å². The molecule has 0 saturated heterocycles. The van der Waals surface area contributed by atoms with Gasteiger partial charge in [-0.05, 0) is 18.6 Å². The Morgan fingerprint density at radius 3 is 2.46 bits per heavy atom. The molecule has 1 heterocycles. The molecule has 0 fully saturated rings. The van der Waals surface area contributed by atoms with Crippen molar-refractivity contribution in [1.82, 2.24) is 15.2 Å². The molecule has 0 saturated carbocycles. The largest absolute Gasteiger partial charge is 0.418 e. The number of aryl methyl sites for hydroxylation is 1. The van der Waals surface area contributed by atoms with Crippen molar-refractivity contribution in [2.24, 2.45) is 0 Å². The number of aromatic amines is 1. The Morgan fingerprint density at radius 2 is 1.93 bits per heavy atom. The molecule has 0 spiro atoms. The summed E-state index contributed by atoms with van der Waals surface area (Å²) >= 11 is 5.75. The van der Waals surface area contributed by atoms with E-state index < -0.39 is 33.4 Å². The molecule has 146 valence electrons. The highest BCUT2D eigenvalue weighted by atomic mass is 35.5. The molecule has 1 atom stereocenters. The first-order valence-electron chi connectivity index (χ1n) is 7.92.